The number of aromatic nitrogens is 2. The Morgan fingerprint density at radius 2 is 1.83 bits per heavy atom. The third-order valence-corrected chi connectivity index (χ3v) is 5.29. The molecule has 0 aliphatic carbocycles. The molecule has 0 N–H and O–H groups in total. The molecule has 0 bridgehead atoms. The number of rotatable bonds is 3. The number of sulfonamides is 1. The van der Waals surface area contributed by atoms with Crippen molar-refractivity contribution in [3.05, 3.63) is 17.6 Å². The Balaban J connectivity index is 2.13. The molecular formula is C13H19F3N4O2S. The predicted octanol–water partition coefficient (Wildman–Crippen LogP) is 1.66. The van der Waals surface area contributed by atoms with Crippen LogP contribution >= 0.6 is 0 Å². The molecule has 1 saturated heterocycles. The Morgan fingerprint density at radius 3 is 2.30 bits per heavy atom. The maximum atomic E-state index is 12.8. The zero-order chi connectivity index (χ0) is 17.4. The van der Waals surface area contributed by atoms with Gasteiger partial charge in [-0.3, -0.25) is 0 Å². The molecule has 1 aromatic heterocycles. The predicted molar refractivity (Wildman–Crippen MR) is 79.6 cm³/mol. The van der Waals surface area contributed by atoms with Crippen molar-refractivity contribution in [2.75, 3.05) is 31.3 Å². The lowest BCUT2D eigenvalue weighted by molar-refractivity contribution is -0.141. The second-order valence-electron chi connectivity index (χ2n) is 5.65. The minimum absolute atomic E-state index is 0.0604. The smallest absolute Gasteiger partial charge is 0.356 e. The molecule has 0 spiro atoms. The fourth-order valence-electron chi connectivity index (χ4n) is 2.59. The van der Waals surface area contributed by atoms with Gasteiger partial charge in [-0.2, -0.15) is 13.2 Å². The molecule has 1 aliphatic rings. The number of hydrogen-bond acceptors (Lipinski definition) is 5. The number of alkyl halides is 3. The van der Waals surface area contributed by atoms with Crippen LogP contribution in [0.2, 0.25) is 0 Å². The SMILES string of the molecule is Cc1nc(N2CCC(N(C)S(C)(=O)=O)CC2)cc(C(F)(F)F)n1. The van der Waals surface area contributed by atoms with Gasteiger partial charge in [0.15, 0.2) is 0 Å². The van der Waals surface area contributed by atoms with Gasteiger partial charge in [0, 0.05) is 32.2 Å². The first-order valence-electron chi connectivity index (χ1n) is 7.09. The zero-order valence-electron chi connectivity index (χ0n) is 13.1. The van der Waals surface area contributed by atoms with Gasteiger partial charge < -0.3 is 4.90 Å². The maximum absolute atomic E-state index is 12.8. The largest absolute Gasteiger partial charge is 0.433 e. The van der Waals surface area contributed by atoms with E-state index in [0.717, 1.165) is 12.3 Å². The van der Waals surface area contributed by atoms with E-state index >= 15 is 0 Å². The highest BCUT2D eigenvalue weighted by Gasteiger charge is 2.34. The third kappa shape index (κ3) is 4.31. The van der Waals surface area contributed by atoms with E-state index in [2.05, 4.69) is 9.97 Å². The maximum Gasteiger partial charge on any atom is 0.433 e. The van der Waals surface area contributed by atoms with Crippen LogP contribution in [0, 0.1) is 6.92 Å². The average Bonchev–Trinajstić information content (AvgIpc) is 2.44. The Kier molecular flexibility index (Phi) is 4.86. The van der Waals surface area contributed by atoms with Gasteiger partial charge in [0.05, 0.1) is 6.26 Å². The van der Waals surface area contributed by atoms with Crippen molar-refractivity contribution in [2.45, 2.75) is 32.0 Å². The lowest BCUT2D eigenvalue weighted by Crippen LogP contribution is -2.45. The molecule has 0 atom stereocenters. The topological polar surface area (TPSA) is 66.4 Å². The molecule has 0 amide bonds. The van der Waals surface area contributed by atoms with Gasteiger partial charge >= 0.3 is 6.18 Å². The first kappa shape index (κ1) is 17.9. The number of hydrogen-bond donors (Lipinski definition) is 0. The first-order chi connectivity index (χ1) is 10.5. The molecule has 23 heavy (non-hydrogen) atoms. The Morgan fingerprint density at radius 1 is 1.26 bits per heavy atom. The highest BCUT2D eigenvalue weighted by Crippen LogP contribution is 2.30. The summed E-state index contributed by atoms with van der Waals surface area (Å²) in [7, 11) is -1.76. The van der Waals surface area contributed by atoms with Crippen molar-refractivity contribution in [1.82, 2.24) is 14.3 Å². The molecular weight excluding hydrogens is 333 g/mol. The van der Waals surface area contributed by atoms with E-state index in [4.69, 9.17) is 0 Å². The van der Waals surface area contributed by atoms with Gasteiger partial charge in [0.2, 0.25) is 10.0 Å². The van der Waals surface area contributed by atoms with Crippen LogP contribution in [0.25, 0.3) is 0 Å². The molecule has 2 heterocycles. The minimum Gasteiger partial charge on any atom is -0.356 e. The van der Waals surface area contributed by atoms with Crippen molar-refractivity contribution in [1.29, 1.82) is 0 Å². The molecule has 1 fully saturated rings. The molecule has 1 aliphatic heterocycles. The zero-order valence-corrected chi connectivity index (χ0v) is 13.9. The van der Waals surface area contributed by atoms with Crippen LogP contribution in [0.15, 0.2) is 6.07 Å². The highest BCUT2D eigenvalue weighted by molar-refractivity contribution is 7.88. The molecule has 10 heteroatoms. The summed E-state index contributed by atoms with van der Waals surface area (Å²) in [6.07, 6.45) is -2.30. The van der Waals surface area contributed by atoms with E-state index in [-0.39, 0.29) is 17.7 Å². The van der Waals surface area contributed by atoms with Crippen LogP contribution in [-0.4, -0.2) is 55.1 Å². The fourth-order valence-corrected chi connectivity index (χ4v) is 3.34. The quantitative estimate of drug-likeness (QED) is 0.828. The number of anilines is 1. The van der Waals surface area contributed by atoms with Crippen LogP contribution in [0.3, 0.4) is 0 Å². The molecule has 130 valence electrons. The van der Waals surface area contributed by atoms with Crippen LogP contribution in [-0.2, 0) is 16.2 Å². The van der Waals surface area contributed by atoms with Crippen LogP contribution < -0.4 is 4.90 Å². The second kappa shape index (κ2) is 6.23. The molecule has 0 radical (unpaired) electrons. The van der Waals surface area contributed by atoms with Gasteiger partial charge in [-0.1, -0.05) is 0 Å². The Hall–Kier alpha value is -1.42. The third-order valence-electron chi connectivity index (χ3n) is 3.94. The van der Waals surface area contributed by atoms with Crippen molar-refractivity contribution in [3.8, 4) is 0 Å². The average molecular weight is 352 g/mol. The van der Waals surface area contributed by atoms with Gasteiger partial charge in [-0.05, 0) is 19.8 Å². The summed E-state index contributed by atoms with van der Waals surface area (Å²) in [4.78, 5) is 9.23. The van der Waals surface area contributed by atoms with Gasteiger partial charge in [0.25, 0.3) is 0 Å². The molecule has 0 saturated carbocycles. The van der Waals surface area contributed by atoms with Crippen LogP contribution in [0.4, 0.5) is 19.0 Å². The van der Waals surface area contributed by atoms with Crippen molar-refractivity contribution >= 4 is 15.8 Å². The molecule has 0 aromatic carbocycles. The Bertz CT molecular complexity index is 670. The number of aryl methyl sites for hydroxylation is 1. The van der Waals surface area contributed by atoms with Crippen LogP contribution in [0.5, 0.6) is 0 Å². The minimum atomic E-state index is -4.52. The summed E-state index contributed by atoms with van der Waals surface area (Å²) < 4.78 is 62.9. The van der Waals surface area contributed by atoms with Gasteiger partial charge in [-0.25, -0.2) is 22.7 Å². The van der Waals surface area contributed by atoms with E-state index in [9.17, 15) is 21.6 Å². The first-order valence-corrected chi connectivity index (χ1v) is 8.94. The normalized spacial score (nSPS) is 17.8. The molecule has 6 nitrogen and oxygen atoms in total. The monoisotopic (exact) mass is 352 g/mol. The summed E-state index contributed by atoms with van der Waals surface area (Å²) in [5.41, 5.74) is -0.963. The van der Waals surface area contributed by atoms with Gasteiger partial charge in [-0.15, -0.1) is 0 Å². The van der Waals surface area contributed by atoms with E-state index in [0.29, 0.717) is 25.9 Å². The second-order valence-corrected chi connectivity index (χ2v) is 7.70. The molecule has 2 rings (SSSR count). The number of halogens is 3. The summed E-state index contributed by atoms with van der Waals surface area (Å²) in [5, 5.41) is 0. The summed E-state index contributed by atoms with van der Waals surface area (Å²) in [6, 6.07) is 0.791. The van der Waals surface area contributed by atoms with Crippen LogP contribution in [0.1, 0.15) is 24.4 Å². The van der Waals surface area contributed by atoms with Crippen molar-refractivity contribution < 1.29 is 21.6 Å². The standard InChI is InChI=1S/C13H19F3N4O2S/c1-9-17-11(13(14,15)16)8-12(18-9)20-6-4-10(5-7-20)19(2)23(3,21)22/h8,10H,4-7H2,1-3H3. The van der Waals surface area contributed by atoms with Gasteiger partial charge in [0.1, 0.15) is 17.3 Å². The number of nitrogens with zero attached hydrogens (tertiary/aromatic N) is 4. The Labute approximate surface area is 133 Å². The summed E-state index contributed by atoms with van der Waals surface area (Å²) in [6.45, 7) is 2.31. The number of piperidine rings is 1. The highest BCUT2D eigenvalue weighted by atomic mass is 32.2. The lowest BCUT2D eigenvalue weighted by Gasteiger charge is -2.36. The lowest BCUT2D eigenvalue weighted by atomic mass is 10.1. The van der Waals surface area contributed by atoms with E-state index in [1.807, 2.05) is 0 Å². The van der Waals surface area contributed by atoms with Crippen molar-refractivity contribution in [3.63, 3.8) is 0 Å². The molecule has 0 unspecified atom stereocenters. The van der Waals surface area contributed by atoms with Crippen molar-refractivity contribution in [2.24, 2.45) is 0 Å². The van der Waals surface area contributed by atoms with E-state index in [1.54, 1.807) is 4.90 Å². The van der Waals surface area contributed by atoms with E-state index < -0.39 is 21.9 Å². The van der Waals surface area contributed by atoms with E-state index in [1.165, 1.54) is 18.3 Å². The summed E-state index contributed by atoms with van der Waals surface area (Å²) >= 11 is 0. The molecule has 1 aromatic rings. The summed E-state index contributed by atoms with van der Waals surface area (Å²) in [5.74, 6) is 0.287. The fraction of sp³-hybridized carbons (Fsp3) is 0.692.